The van der Waals surface area contributed by atoms with E-state index in [0.29, 0.717) is 0 Å². The van der Waals surface area contributed by atoms with E-state index in [9.17, 15) is 13.2 Å². The van der Waals surface area contributed by atoms with Crippen LogP contribution in [0.1, 0.15) is 42.2 Å². The molecule has 1 aliphatic carbocycles. The number of halogens is 2. The molecule has 1 aromatic heterocycles. The molecule has 1 saturated carbocycles. The molecule has 134 valence electrons. The molecule has 0 radical (unpaired) electrons. The van der Waals surface area contributed by atoms with Gasteiger partial charge in [-0.2, -0.15) is 0 Å². The van der Waals surface area contributed by atoms with Crippen molar-refractivity contribution < 1.29 is 13.2 Å². The Bertz CT molecular complexity index is 898. The SMILES string of the molecule is NC(=O)c1ccc(NS(=O)(=O)c2c(Cl)cccc2Cl)n1C1CCCC1. The Labute approximate surface area is 156 Å². The number of primary amides is 1. The zero-order valence-corrected chi connectivity index (χ0v) is 15.5. The summed E-state index contributed by atoms with van der Waals surface area (Å²) in [6, 6.07) is 7.54. The first-order valence-corrected chi connectivity index (χ1v) is 10.0. The Balaban J connectivity index is 2.04. The van der Waals surface area contributed by atoms with Crippen molar-refractivity contribution in [3.63, 3.8) is 0 Å². The van der Waals surface area contributed by atoms with E-state index in [4.69, 9.17) is 28.9 Å². The summed E-state index contributed by atoms with van der Waals surface area (Å²) in [5.74, 6) is -0.329. The van der Waals surface area contributed by atoms with Gasteiger partial charge in [0.2, 0.25) is 0 Å². The topological polar surface area (TPSA) is 94.2 Å². The summed E-state index contributed by atoms with van der Waals surface area (Å²) in [5.41, 5.74) is 5.71. The summed E-state index contributed by atoms with van der Waals surface area (Å²) in [6.07, 6.45) is 3.75. The maximum Gasteiger partial charge on any atom is 0.265 e. The van der Waals surface area contributed by atoms with Gasteiger partial charge in [0.25, 0.3) is 15.9 Å². The second-order valence-electron chi connectivity index (χ2n) is 5.93. The van der Waals surface area contributed by atoms with Gasteiger partial charge >= 0.3 is 0 Å². The number of anilines is 1. The first kappa shape index (κ1) is 18.1. The second kappa shape index (κ2) is 6.90. The monoisotopic (exact) mass is 401 g/mol. The number of nitrogens with zero attached hydrogens (tertiary/aromatic N) is 1. The number of carbonyl (C=O) groups excluding carboxylic acids is 1. The van der Waals surface area contributed by atoms with E-state index in [1.807, 2.05) is 0 Å². The van der Waals surface area contributed by atoms with Crippen molar-refractivity contribution in [1.29, 1.82) is 0 Å². The summed E-state index contributed by atoms with van der Waals surface area (Å²) < 4.78 is 29.7. The lowest BCUT2D eigenvalue weighted by atomic mass is 10.2. The Hall–Kier alpha value is -1.70. The molecule has 0 bridgehead atoms. The smallest absolute Gasteiger partial charge is 0.265 e. The molecule has 0 spiro atoms. The molecule has 1 fully saturated rings. The third-order valence-corrected chi connectivity index (χ3v) is 6.60. The average molecular weight is 402 g/mol. The van der Waals surface area contributed by atoms with E-state index >= 15 is 0 Å². The van der Waals surface area contributed by atoms with E-state index in [1.165, 1.54) is 24.3 Å². The van der Waals surface area contributed by atoms with Gasteiger partial charge in [-0.25, -0.2) is 8.42 Å². The lowest BCUT2D eigenvalue weighted by Crippen LogP contribution is -2.23. The molecule has 0 aliphatic heterocycles. The van der Waals surface area contributed by atoms with Crippen LogP contribution in [0.15, 0.2) is 35.2 Å². The summed E-state index contributed by atoms with van der Waals surface area (Å²) in [7, 11) is -4.03. The predicted octanol–water partition coefficient (Wildman–Crippen LogP) is 3.81. The summed E-state index contributed by atoms with van der Waals surface area (Å²) in [5, 5.41) is 0.0446. The third-order valence-electron chi connectivity index (χ3n) is 4.29. The third kappa shape index (κ3) is 3.49. The zero-order valence-electron chi connectivity index (χ0n) is 13.2. The fourth-order valence-electron chi connectivity index (χ4n) is 3.22. The minimum Gasteiger partial charge on any atom is -0.364 e. The van der Waals surface area contributed by atoms with Crippen molar-refractivity contribution in [2.75, 3.05) is 4.72 Å². The molecule has 25 heavy (non-hydrogen) atoms. The highest BCUT2D eigenvalue weighted by molar-refractivity contribution is 7.93. The van der Waals surface area contributed by atoms with Crippen molar-refractivity contribution in [3.05, 3.63) is 46.1 Å². The van der Waals surface area contributed by atoms with Crippen LogP contribution in [-0.2, 0) is 10.0 Å². The molecule has 0 atom stereocenters. The number of hydrogen-bond donors (Lipinski definition) is 2. The Morgan fingerprint density at radius 3 is 2.28 bits per heavy atom. The molecule has 1 amide bonds. The van der Waals surface area contributed by atoms with Crippen molar-refractivity contribution in [2.45, 2.75) is 36.6 Å². The van der Waals surface area contributed by atoms with Crippen LogP contribution >= 0.6 is 23.2 Å². The van der Waals surface area contributed by atoms with Gasteiger partial charge in [0.1, 0.15) is 16.4 Å². The molecule has 1 heterocycles. The van der Waals surface area contributed by atoms with Gasteiger partial charge in [0, 0.05) is 6.04 Å². The molecule has 0 unspecified atom stereocenters. The first-order chi connectivity index (χ1) is 11.8. The summed E-state index contributed by atoms with van der Waals surface area (Å²) in [6.45, 7) is 0. The maximum absolute atomic E-state index is 12.8. The van der Waals surface area contributed by atoms with Crippen molar-refractivity contribution in [3.8, 4) is 0 Å². The summed E-state index contributed by atoms with van der Waals surface area (Å²) >= 11 is 12.0. The number of nitrogens with two attached hydrogens (primary N) is 1. The van der Waals surface area contributed by atoms with Crippen molar-refractivity contribution in [2.24, 2.45) is 5.73 Å². The number of rotatable bonds is 5. The van der Waals surface area contributed by atoms with Gasteiger partial charge in [-0.1, -0.05) is 42.1 Å². The molecule has 1 aromatic carbocycles. The Morgan fingerprint density at radius 2 is 1.72 bits per heavy atom. The number of nitrogens with one attached hydrogen (secondary N) is 1. The second-order valence-corrected chi connectivity index (χ2v) is 8.37. The maximum atomic E-state index is 12.8. The number of sulfonamides is 1. The van der Waals surface area contributed by atoms with Gasteiger partial charge in [0.05, 0.1) is 10.0 Å². The van der Waals surface area contributed by atoms with Crippen LogP contribution in [0, 0.1) is 0 Å². The molecular formula is C16H17Cl2N3O3S. The minimum absolute atomic E-state index is 0.0223. The predicted molar refractivity (Wildman–Crippen MR) is 97.7 cm³/mol. The van der Waals surface area contributed by atoms with E-state index in [0.717, 1.165) is 25.7 Å². The van der Waals surface area contributed by atoms with E-state index in [-0.39, 0.29) is 32.5 Å². The first-order valence-electron chi connectivity index (χ1n) is 7.79. The molecule has 3 rings (SSSR count). The molecular weight excluding hydrogens is 385 g/mol. The van der Waals surface area contributed by atoms with E-state index < -0.39 is 15.9 Å². The van der Waals surface area contributed by atoms with E-state index in [1.54, 1.807) is 10.6 Å². The fourth-order valence-corrected chi connectivity index (χ4v) is 5.42. The van der Waals surface area contributed by atoms with Gasteiger partial charge in [-0.05, 0) is 37.1 Å². The van der Waals surface area contributed by atoms with Crippen LogP contribution in [0.2, 0.25) is 10.0 Å². The van der Waals surface area contributed by atoms with Crippen LogP contribution in [0.3, 0.4) is 0 Å². The van der Waals surface area contributed by atoms with Crippen LogP contribution in [0.4, 0.5) is 5.82 Å². The van der Waals surface area contributed by atoms with Crippen LogP contribution in [0.25, 0.3) is 0 Å². The van der Waals surface area contributed by atoms with Gasteiger partial charge in [0.15, 0.2) is 0 Å². The molecule has 2 aromatic rings. The lowest BCUT2D eigenvalue weighted by Gasteiger charge is -2.20. The normalized spacial score (nSPS) is 15.4. The highest BCUT2D eigenvalue weighted by Crippen LogP contribution is 2.36. The molecule has 1 aliphatic rings. The minimum atomic E-state index is -4.03. The lowest BCUT2D eigenvalue weighted by molar-refractivity contribution is 0.0989. The van der Waals surface area contributed by atoms with Crippen LogP contribution in [-0.4, -0.2) is 18.9 Å². The number of aromatic nitrogens is 1. The highest BCUT2D eigenvalue weighted by atomic mass is 35.5. The Kier molecular flexibility index (Phi) is 4.99. The number of amides is 1. The number of hydrogen-bond acceptors (Lipinski definition) is 3. The average Bonchev–Trinajstić information content (AvgIpc) is 3.14. The van der Waals surface area contributed by atoms with Gasteiger partial charge in [-0.15, -0.1) is 0 Å². The number of carbonyl (C=O) groups is 1. The van der Waals surface area contributed by atoms with Crippen molar-refractivity contribution in [1.82, 2.24) is 4.57 Å². The van der Waals surface area contributed by atoms with Gasteiger partial charge in [-0.3, -0.25) is 9.52 Å². The van der Waals surface area contributed by atoms with Crippen LogP contribution in [0.5, 0.6) is 0 Å². The van der Waals surface area contributed by atoms with Crippen LogP contribution < -0.4 is 10.5 Å². The quantitative estimate of drug-likeness (QED) is 0.796. The molecule has 6 nitrogen and oxygen atoms in total. The molecule has 9 heteroatoms. The fraction of sp³-hybridized carbons (Fsp3) is 0.312. The van der Waals surface area contributed by atoms with Crippen molar-refractivity contribution >= 4 is 45.0 Å². The van der Waals surface area contributed by atoms with Gasteiger partial charge < -0.3 is 10.3 Å². The number of benzene rings is 1. The van der Waals surface area contributed by atoms with E-state index in [2.05, 4.69) is 4.72 Å². The Morgan fingerprint density at radius 1 is 1.12 bits per heavy atom. The summed E-state index contributed by atoms with van der Waals surface area (Å²) in [4.78, 5) is 11.5. The standard InChI is InChI=1S/C16H17Cl2N3O3S/c17-11-6-3-7-12(18)15(11)25(23,24)20-14-9-8-13(16(19)22)21(14)10-4-1-2-5-10/h3,6-10,20H,1-2,4-5H2,(H2,19,22). The zero-order chi connectivity index (χ0) is 18.2. The largest absolute Gasteiger partial charge is 0.364 e. The highest BCUT2D eigenvalue weighted by Gasteiger charge is 2.28. The molecule has 3 N–H and O–H groups in total. The molecule has 0 saturated heterocycles.